The molecule has 1 aromatic carbocycles. The summed E-state index contributed by atoms with van der Waals surface area (Å²) >= 11 is 0. The van der Waals surface area contributed by atoms with Crippen LogP contribution in [0.15, 0.2) is 41.3 Å². The van der Waals surface area contributed by atoms with Crippen LogP contribution in [0.5, 0.6) is 5.75 Å². The first-order valence-electron chi connectivity index (χ1n) is 12.0. The van der Waals surface area contributed by atoms with Gasteiger partial charge in [-0.3, -0.25) is 4.79 Å². The van der Waals surface area contributed by atoms with Gasteiger partial charge in [-0.25, -0.2) is 15.0 Å². The van der Waals surface area contributed by atoms with Gasteiger partial charge in [0.25, 0.3) is 5.91 Å². The molecule has 5 rings (SSSR count). The summed E-state index contributed by atoms with van der Waals surface area (Å²) in [6, 6.07) is 7.38. The molecule has 0 saturated carbocycles. The summed E-state index contributed by atoms with van der Waals surface area (Å²) in [5.74, 6) is 1.73. The third-order valence-electron chi connectivity index (χ3n) is 6.59. The van der Waals surface area contributed by atoms with E-state index in [1.807, 2.05) is 25.1 Å². The number of nitrogens with zero attached hydrogens (tertiary/aromatic N) is 4. The van der Waals surface area contributed by atoms with Crippen LogP contribution in [0, 0.1) is 6.92 Å². The van der Waals surface area contributed by atoms with Gasteiger partial charge in [-0.2, -0.15) is 0 Å². The number of oxazole rings is 1. The molecule has 2 atom stereocenters. The second-order valence-corrected chi connectivity index (χ2v) is 8.99. The van der Waals surface area contributed by atoms with E-state index in [1.165, 1.54) is 6.39 Å². The third-order valence-corrected chi connectivity index (χ3v) is 6.59. The van der Waals surface area contributed by atoms with Crippen molar-refractivity contribution in [2.24, 2.45) is 0 Å². The Hall–Kier alpha value is -3.50. The molecule has 1 saturated heterocycles. The second kappa shape index (κ2) is 10.4. The molecule has 10 heteroatoms. The molecule has 3 N–H and O–H groups in total. The van der Waals surface area contributed by atoms with Gasteiger partial charge < -0.3 is 29.8 Å². The highest BCUT2D eigenvalue weighted by Gasteiger charge is 2.26. The molecule has 0 spiro atoms. The molecule has 10 nitrogen and oxygen atoms in total. The zero-order chi connectivity index (χ0) is 24.2. The fourth-order valence-electron chi connectivity index (χ4n) is 4.47. The minimum Gasteiger partial charge on any atom is -0.486 e. The van der Waals surface area contributed by atoms with Crippen molar-refractivity contribution in [1.82, 2.24) is 25.6 Å². The van der Waals surface area contributed by atoms with E-state index < -0.39 is 6.10 Å². The zero-order valence-corrected chi connectivity index (χ0v) is 19.7. The minimum atomic E-state index is -0.739. The molecule has 184 valence electrons. The quantitative estimate of drug-likeness (QED) is 0.444. The standard InChI is InChI=1S/C25H30N6O4/c1-16-23(35-15-29-16)14-34-19-5-4-17-11-21(27-12-18(17)10-19)22(32)13-28-24(33)20-6-7-26-25(30-20)31-8-2-3-9-31/h4-7,10,15,21-22,27,32H,2-3,8-9,11-14H2,1H3,(H,28,33)/t21-,22+/m0/s1. The summed E-state index contributed by atoms with van der Waals surface area (Å²) in [5, 5.41) is 16.9. The van der Waals surface area contributed by atoms with Crippen LogP contribution in [0.4, 0.5) is 5.95 Å². The topological polar surface area (TPSA) is 126 Å². The number of aryl methyl sites for hydroxylation is 1. The van der Waals surface area contributed by atoms with Gasteiger partial charge in [-0.05, 0) is 55.5 Å². The SMILES string of the molecule is Cc1ncoc1COc1ccc2c(c1)CN[C@H]([C@H](O)CNC(=O)c1ccnc(N3CCCC3)n1)C2. The van der Waals surface area contributed by atoms with Crippen LogP contribution in [-0.2, 0) is 19.6 Å². The van der Waals surface area contributed by atoms with E-state index in [0.29, 0.717) is 37.0 Å². The summed E-state index contributed by atoms with van der Waals surface area (Å²) in [6.07, 6.45) is 5.16. The summed E-state index contributed by atoms with van der Waals surface area (Å²) < 4.78 is 11.2. The molecule has 1 fully saturated rings. The van der Waals surface area contributed by atoms with Gasteiger partial charge in [0, 0.05) is 38.4 Å². The van der Waals surface area contributed by atoms with Gasteiger partial charge in [0.15, 0.2) is 12.2 Å². The first kappa shape index (κ1) is 23.3. The lowest BCUT2D eigenvalue weighted by atomic mass is 9.92. The Kier molecular flexibility index (Phi) is 6.91. The number of ether oxygens (including phenoxy) is 1. The number of fused-ring (bicyclic) bond motifs is 1. The van der Waals surface area contributed by atoms with Gasteiger partial charge >= 0.3 is 0 Å². The lowest BCUT2D eigenvalue weighted by molar-refractivity contribution is 0.0865. The van der Waals surface area contributed by atoms with Gasteiger partial charge in [-0.15, -0.1) is 0 Å². The summed E-state index contributed by atoms with van der Waals surface area (Å²) in [4.78, 5) is 27.5. The molecule has 2 aliphatic rings. The number of aliphatic hydroxyl groups is 1. The van der Waals surface area contributed by atoms with Gasteiger partial charge in [0.1, 0.15) is 18.1 Å². The maximum Gasteiger partial charge on any atom is 0.270 e. The number of rotatable bonds is 8. The fraction of sp³-hybridized carbons (Fsp3) is 0.440. The number of carbonyl (C=O) groups is 1. The van der Waals surface area contributed by atoms with Crippen molar-refractivity contribution in [1.29, 1.82) is 0 Å². The molecule has 0 bridgehead atoms. The number of hydrogen-bond donors (Lipinski definition) is 3. The lowest BCUT2D eigenvalue weighted by Crippen LogP contribution is -2.49. The highest BCUT2D eigenvalue weighted by molar-refractivity contribution is 5.92. The molecular formula is C25H30N6O4. The monoisotopic (exact) mass is 478 g/mol. The Morgan fingerprint density at radius 2 is 2.14 bits per heavy atom. The van der Waals surface area contributed by atoms with Crippen molar-refractivity contribution in [3.05, 3.63) is 65.1 Å². The number of anilines is 1. The Bertz CT molecular complexity index is 1180. The number of carbonyl (C=O) groups excluding carboxylic acids is 1. The Morgan fingerprint density at radius 1 is 1.29 bits per heavy atom. The third kappa shape index (κ3) is 5.44. The number of aromatic nitrogens is 3. The first-order valence-corrected chi connectivity index (χ1v) is 12.0. The lowest BCUT2D eigenvalue weighted by Gasteiger charge is -2.30. The summed E-state index contributed by atoms with van der Waals surface area (Å²) in [6.45, 7) is 4.76. The molecular weight excluding hydrogens is 448 g/mol. The van der Waals surface area contributed by atoms with Gasteiger partial charge in [-0.1, -0.05) is 6.07 Å². The van der Waals surface area contributed by atoms with Crippen molar-refractivity contribution in [3.8, 4) is 5.75 Å². The highest BCUT2D eigenvalue weighted by atomic mass is 16.5. The summed E-state index contributed by atoms with van der Waals surface area (Å²) in [7, 11) is 0. The average molecular weight is 479 g/mol. The van der Waals surface area contributed by atoms with E-state index in [9.17, 15) is 9.90 Å². The van der Waals surface area contributed by atoms with Crippen molar-refractivity contribution in [2.75, 3.05) is 24.5 Å². The summed E-state index contributed by atoms with van der Waals surface area (Å²) in [5.41, 5.74) is 3.40. The van der Waals surface area contributed by atoms with Crippen LogP contribution >= 0.6 is 0 Å². The van der Waals surface area contributed by atoms with Crippen LogP contribution < -0.4 is 20.3 Å². The molecule has 0 aliphatic carbocycles. The van der Waals surface area contributed by atoms with Crippen molar-refractivity contribution in [2.45, 2.75) is 51.5 Å². The van der Waals surface area contributed by atoms with E-state index in [1.54, 1.807) is 12.3 Å². The zero-order valence-electron chi connectivity index (χ0n) is 19.7. The molecule has 0 radical (unpaired) electrons. The van der Waals surface area contributed by atoms with E-state index in [4.69, 9.17) is 9.15 Å². The predicted molar refractivity (Wildman–Crippen MR) is 128 cm³/mol. The largest absolute Gasteiger partial charge is 0.486 e. The molecule has 4 heterocycles. The van der Waals surface area contributed by atoms with Crippen LogP contribution in [0.3, 0.4) is 0 Å². The molecule has 2 aliphatic heterocycles. The molecule has 3 aromatic rings. The number of amides is 1. The fourth-order valence-corrected chi connectivity index (χ4v) is 4.47. The smallest absolute Gasteiger partial charge is 0.270 e. The number of benzene rings is 1. The second-order valence-electron chi connectivity index (χ2n) is 8.99. The van der Waals surface area contributed by atoms with Crippen LogP contribution in [0.25, 0.3) is 0 Å². The number of aliphatic hydroxyl groups excluding tert-OH is 1. The first-order chi connectivity index (χ1) is 17.1. The Balaban J connectivity index is 1.13. The van der Waals surface area contributed by atoms with Crippen molar-refractivity contribution >= 4 is 11.9 Å². The number of hydrogen-bond acceptors (Lipinski definition) is 9. The maximum absolute atomic E-state index is 12.6. The normalized spacial score (nSPS) is 18.2. The van der Waals surface area contributed by atoms with Crippen LogP contribution in [0.1, 0.15) is 45.9 Å². The highest BCUT2D eigenvalue weighted by Crippen LogP contribution is 2.24. The number of nitrogens with one attached hydrogen (secondary N) is 2. The van der Waals surface area contributed by atoms with E-state index in [0.717, 1.165) is 48.5 Å². The van der Waals surface area contributed by atoms with E-state index in [2.05, 4.69) is 30.5 Å². The van der Waals surface area contributed by atoms with Gasteiger partial charge in [0.05, 0.1) is 11.8 Å². The predicted octanol–water partition coefficient (Wildman–Crippen LogP) is 1.76. The van der Waals surface area contributed by atoms with E-state index >= 15 is 0 Å². The Labute approximate surface area is 203 Å². The molecule has 2 aromatic heterocycles. The molecule has 0 unspecified atom stereocenters. The molecule has 35 heavy (non-hydrogen) atoms. The van der Waals surface area contributed by atoms with Crippen LogP contribution in [-0.4, -0.2) is 57.7 Å². The average Bonchev–Trinajstić information content (AvgIpc) is 3.57. The minimum absolute atomic E-state index is 0.132. The van der Waals surface area contributed by atoms with Gasteiger partial charge in [0.2, 0.25) is 5.95 Å². The van der Waals surface area contributed by atoms with E-state index in [-0.39, 0.29) is 18.5 Å². The van der Waals surface area contributed by atoms with Crippen LogP contribution in [0.2, 0.25) is 0 Å². The van der Waals surface area contributed by atoms with Crippen molar-refractivity contribution < 1.29 is 19.1 Å². The van der Waals surface area contributed by atoms with Crippen molar-refractivity contribution in [3.63, 3.8) is 0 Å². The molecule has 1 amide bonds. The maximum atomic E-state index is 12.6. The Morgan fingerprint density at radius 3 is 2.94 bits per heavy atom.